The Balaban J connectivity index is 4.21. The van der Waals surface area contributed by atoms with E-state index in [0.717, 1.165) is 77.0 Å². The smallest absolute Gasteiger partial charge is 0.306 e. The van der Waals surface area contributed by atoms with Crippen LogP contribution in [0.4, 0.5) is 0 Å². The third-order valence-electron chi connectivity index (χ3n) is 9.63. The molecule has 9 heteroatoms. The molecule has 0 radical (unpaired) electrons. The molecule has 0 N–H and O–H groups in total. The van der Waals surface area contributed by atoms with Gasteiger partial charge >= 0.3 is 5.97 Å². The van der Waals surface area contributed by atoms with E-state index in [1.54, 1.807) is 0 Å². The lowest BCUT2D eigenvalue weighted by molar-refractivity contribution is -0.870. The van der Waals surface area contributed by atoms with Crippen molar-refractivity contribution < 1.29 is 37.3 Å². The standard InChI is InChI=1S/C52H90NO7P/c1-6-8-10-12-14-16-18-20-22-23-24-25-26-27-28-29-30-32-34-36-38-40-42-44-47-57-49-51(50-59-61(55,56)58-48-46-53(3,4)5)60-52(54)45-43-41-39-37-35-33-31-21-19-17-15-13-11-9-7-2/h8-11,14-17,20-22,24-25,31,35,37,51H,6-7,12-13,18-19,23,26-30,32-34,36,38-50H2,1-5H3/b10-8-,11-9-,16-14-,17-15-,22-20-,25-24-,31-21-,37-35-. The maximum absolute atomic E-state index is 12.7. The fraction of sp³-hybridized carbons (Fsp3) is 0.673. The van der Waals surface area contributed by atoms with Gasteiger partial charge in [0.1, 0.15) is 19.3 Å². The molecular formula is C52H90NO7P. The molecule has 0 aliphatic heterocycles. The molecule has 0 saturated carbocycles. The number of quaternary nitrogens is 1. The summed E-state index contributed by atoms with van der Waals surface area (Å²) in [6.45, 7) is 5.10. The monoisotopic (exact) mass is 872 g/mol. The van der Waals surface area contributed by atoms with E-state index in [-0.39, 0.29) is 32.2 Å². The molecule has 0 spiro atoms. The van der Waals surface area contributed by atoms with Gasteiger partial charge in [0.15, 0.2) is 0 Å². The molecule has 61 heavy (non-hydrogen) atoms. The van der Waals surface area contributed by atoms with E-state index in [1.165, 1.54) is 64.2 Å². The van der Waals surface area contributed by atoms with Crippen molar-refractivity contribution in [2.45, 2.75) is 174 Å². The Bertz CT molecular complexity index is 1290. The number of carbonyl (C=O) groups excluding carboxylic acids is 1. The Kier molecular flexibility index (Phi) is 42.2. The van der Waals surface area contributed by atoms with E-state index in [0.29, 0.717) is 24.1 Å². The van der Waals surface area contributed by atoms with Crippen molar-refractivity contribution in [3.05, 3.63) is 97.2 Å². The minimum Gasteiger partial charge on any atom is -0.756 e. The maximum Gasteiger partial charge on any atom is 0.306 e. The van der Waals surface area contributed by atoms with Gasteiger partial charge in [0, 0.05) is 13.0 Å². The first-order valence-electron chi connectivity index (χ1n) is 24.0. The molecule has 0 heterocycles. The highest BCUT2D eigenvalue weighted by atomic mass is 31.2. The molecule has 0 saturated heterocycles. The van der Waals surface area contributed by atoms with Crippen LogP contribution in [0.25, 0.3) is 0 Å². The second-order valence-corrected chi connectivity index (χ2v) is 18.1. The number of ether oxygens (including phenoxy) is 2. The van der Waals surface area contributed by atoms with Crippen LogP contribution in [0.3, 0.4) is 0 Å². The van der Waals surface area contributed by atoms with Gasteiger partial charge in [-0.1, -0.05) is 169 Å². The van der Waals surface area contributed by atoms with Crippen molar-refractivity contribution in [3.63, 3.8) is 0 Å². The molecule has 0 bridgehead atoms. The molecule has 0 rings (SSSR count). The molecule has 0 aliphatic carbocycles. The Morgan fingerprint density at radius 3 is 1.34 bits per heavy atom. The zero-order valence-corrected chi connectivity index (χ0v) is 40.5. The minimum atomic E-state index is -4.55. The molecule has 350 valence electrons. The summed E-state index contributed by atoms with van der Waals surface area (Å²) < 4.78 is 34.6. The number of phosphoric acid groups is 1. The van der Waals surface area contributed by atoms with E-state index in [4.69, 9.17) is 18.5 Å². The van der Waals surface area contributed by atoms with Crippen LogP contribution in [0.15, 0.2) is 97.2 Å². The lowest BCUT2D eigenvalue weighted by Crippen LogP contribution is -2.37. The van der Waals surface area contributed by atoms with Crippen molar-refractivity contribution in [2.24, 2.45) is 0 Å². The number of phosphoric ester groups is 1. The summed E-state index contributed by atoms with van der Waals surface area (Å²) in [4.78, 5) is 25.1. The van der Waals surface area contributed by atoms with Crippen LogP contribution in [0.5, 0.6) is 0 Å². The van der Waals surface area contributed by atoms with Crippen LogP contribution in [-0.2, 0) is 27.9 Å². The molecule has 0 aromatic rings. The maximum atomic E-state index is 12.7. The van der Waals surface area contributed by atoms with Crippen LogP contribution < -0.4 is 4.89 Å². The van der Waals surface area contributed by atoms with Gasteiger partial charge in [0.25, 0.3) is 7.82 Å². The number of hydrogen-bond acceptors (Lipinski definition) is 7. The van der Waals surface area contributed by atoms with Crippen LogP contribution in [-0.4, -0.2) is 70.7 Å². The average molecular weight is 872 g/mol. The number of likely N-dealkylation sites (N-methyl/N-ethyl adjacent to an activating group) is 1. The van der Waals surface area contributed by atoms with Gasteiger partial charge in [0.05, 0.1) is 34.4 Å². The lowest BCUT2D eigenvalue weighted by Gasteiger charge is -2.28. The van der Waals surface area contributed by atoms with Gasteiger partial charge < -0.3 is 27.9 Å². The minimum absolute atomic E-state index is 0.0122. The average Bonchev–Trinajstić information content (AvgIpc) is 3.22. The summed E-state index contributed by atoms with van der Waals surface area (Å²) >= 11 is 0. The van der Waals surface area contributed by atoms with Gasteiger partial charge in [0.2, 0.25) is 0 Å². The van der Waals surface area contributed by atoms with Gasteiger partial charge in [-0.3, -0.25) is 9.36 Å². The summed E-state index contributed by atoms with van der Waals surface area (Å²) in [7, 11) is 1.31. The first-order valence-corrected chi connectivity index (χ1v) is 25.4. The third kappa shape index (κ3) is 48.3. The van der Waals surface area contributed by atoms with Crippen LogP contribution in [0.1, 0.15) is 168 Å². The van der Waals surface area contributed by atoms with Crippen molar-refractivity contribution in [1.29, 1.82) is 0 Å². The van der Waals surface area contributed by atoms with E-state index in [9.17, 15) is 14.3 Å². The molecule has 0 fully saturated rings. The fourth-order valence-corrected chi connectivity index (χ4v) is 6.73. The summed E-state index contributed by atoms with van der Waals surface area (Å²) in [5.74, 6) is -0.379. The third-order valence-corrected chi connectivity index (χ3v) is 10.6. The van der Waals surface area contributed by atoms with E-state index < -0.39 is 13.9 Å². The molecular weight excluding hydrogens is 782 g/mol. The predicted octanol–water partition coefficient (Wildman–Crippen LogP) is 14.0. The highest BCUT2D eigenvalue weighted by Crippen LogP contribution is 2.38. The Morgan fingerprint density at radius 2 is 0.902 bits per heavy atom. The molecule has 0 aromatic heterocycles. The van der Waals surface area contributed by atoms with Gasteiger partial charge in [-0.25, -0.2) is 0 Å². The van der Waals surface area contributed by atoms with Gasteiger partial charge in [-0.05, 0) is 89.9 Å². The van der Waals surface area contributed by atoms with E-state index in [1.807, 2.05) is 21.1 Å². The molecule has 0 aromatic carbocycles. The SMILES string of the molecule is CC/C=C\C/C=C\C/C=C\C/C=C\CCCCCCCCCCCCCOCC(COP(=O)([O-])OCC[N+](C)(C)C)OC(=O)CCCC/C=C\C/C=C\C/C=C\C/C=C\CC. The van der Waals surface area contributed by atoms with Crippen LogP contribution >= 0.6 is 7.82 Å². The lowest BCUT2D eigenvalue weighted by atomic mass is 10.1. The molecule has 0 aliphatic rings. The van der Waals surface area contributed by atoms with E-state index in [2.05, 4.69) is 111 Å². The van der Waals surface area contributed by atoms with Crippen LogP contribution in [0, 0.1) is 0 Å². The summed E-state index contributed by atoms with van der Waals surface area (Å²) in [5.41, 5.74) is 0. The highest BCUT2D eigenvalue weighted by molar-refractivity contribution is 7.45. The van der Waals surface area contributed by atoms with E-state index >= 15 is 0 Å². The number of hydrogen-bond donors (Lipinski definition) is 0. The number of unbranched alkanes of at least 4 members (excludes halogenated alkanes) is 13. The van der Waals surface area contributed by atoms with Crippen LogP contribution in [0.2, 0.25) is 0 Å². The summed E-state index contributed by atoms with van der Waals surface area (Å²) in [5, 5.41) is 0. The van der Waals surface area contributed by atoms with Crippen molar-refractivity contribution >= 4 is 13.8 Å². The fourth-order valence-electron chi connectivity index (χ4n) is 6.00. The van der Waals surface area contributed by atoms with Gasteiger partial charge in [-0.15, -0.1) is 0 Å². The second kappa shape index (κ2) is 44.0. The Morgan fingerprint density at radius 1 is 0.508 bits per heavy atom. The first kappa shape index (κ1) is 58.4. The zero-order valence-electron chi connectivity index (χ0n) is 39.6. The largest absolute Gasteiger partial charge is 0.756 e. The van der Waals surface area contributed by atoms with Crippen molar-refractivity contribution in [1.82, 2.24) is 0 Å². The molecule has 2 unspecified atom stereocenters. The molecule has 8 nitrogen and oxygen atoms in total. The predicted molar refractivity (Wildman–Crippen MR) is 258 cm³/mol. The summed E-state index contributed by atoms with van der Waals surface area (Å²) in [6, 6.07) is 0. The van der Waals surface area contributed by atoms with Crippen molar-refractivity contribution in [3.8, 4) is 0 Å². The normalized spacial score (nSPS) is 14.5. The number of rotatable bonds is 43. The quantitative estimate of drug-likeness (QED) is 0.0198. The van der Waals surface area contributed by atoms with Crippen molar-refractivity contribution in [2.75, 3.05) is 54.1 Å². The Labute approximate surface area is 375 Å². The molecule has 0 amide bonds. The molecule has 2 atom stereocenters. The Hall–Kier alpha value is -2.58. The topological polar surface area (TPSA) is 94.1 Å². The second-order valence-electron chi connectivity index (χ2n) is 16.7. The number of allylic oxidation sites excluding steroid dienone is 16. The highest BCUT2D eigenvalue weighted by Gasteiger charge is 2.20. The number of nitrogens with zero attached hydrogens (tertiary/aromatic N) is 1. The summed E-state index contributed by atoms with van der Waals surface area (Å²) in [6.07, 6.45) is 60.1. The zero-order chi connectivity index (χ0) is 44.8. The number of carbonyl (C=O) groups is 1. The first-order chi connectivity index (χ1) is 29.6. The van der Waals surface area contributed by atoms with Gasteiger partial charge in [-0.2, -0.15) is 0 Å². The number of esters is 1.